The number of aliphatic hydroxyl groups is 2. The highest BCUT2D eigenvalue weighted by atomic mass is 32.2. The lowest BCUT2D eigenvalue weighted by Gasteiger charge is -2.14. The summed E-state index contributed by atoms with van der Waals surface area (Å²) >= 11 is 0. The molecule has 0 fully saturated rings. The summed E-state index contributed by atoms with van der Waals surface area (Å²) < 4.78 is 23.0. The van der Waals surface area contributed by atoms with E-state index in [0.717, 1.165) is 6.26 Å². The summed E-state index contributed by atoms with van der Waals surface area (Å²) in [6.07, 6.45) is 2.46. The van der Waals surface area contributed by atoms with Crippen LogP contribution in [0, 0.1) is 0 Å². The third-order valence-electron chi connectivity index (χ3n) is 3.37. The molecule has 1 aromatic carbocycles. The number of carbonyl (C=O) groups is 1. The molecule has 2 aromatic rings. The van der Waals surface area contributed by atoms with Gasteiger partial charge in [0.25, 0.3) is 5.91 Å². The van der Waals surface area contributed by atoms with E-state index in [1.54, 1.807) is 12.1 Å². The zero-order valence-electron chi connectivity index (χ0n) is 13.4. The van der Waals surface area contributed by atoms with Crippen molar-refractivity contribution in [3.8, 4) is 11.3 Å². The lowest BCUT2D eigenvalue weighted by atomic mass is 10.1. The van der Waals surface area contributed by atoms with Gasteiger partial charge in [0.2, 0.25) is 0 Å². The third-order valence-corrected chi connectivity index (χ3v) is 4.50. The van der Waals surface area contributed by atoms with E-state index in [2.05, 4.69) is 15.3 Å². The van der Waals surface area contributed by atoms with Gasteiger partial charge in [-0.05, 0) is 12.1 Å². The van der Waals surface area contributed by atoms with Gasteiger partial charge in [0.15, 0.2) is 21.3 Å². The van der Waals surface area contributed by atoms with Crippen LogP contribution in [-0.2, 0) is 9.84 Å². The largest absolute Gasteiger partial charge is 0.394 e. The molecule has 134 valence electrons. The maximum absolute atomic E-state index is 12.2. The molecule has 2 rings (SSSR count). The van der Waals surface area contributed by atoms with Crippen LogP contribution in [0.5, 0.6) is 0 Å². The molecule has 0 radical (unpaired) electrons. The molecule has 0 aliphatic rings. The van der Waals surface area contributed by atoms with Gasteiger partial charge in [0.05, 0.1) is 36.0 Å². The minimum atomic E-state index is -3.32. The van der Waals surface area contributed by atoms with Gasteiger partial charge in [-0.25, -0.2) is 18.4 Å². The lowest BCUT2D eigenvalue weighted by molar-refractivity contribution is 0.0875. The second-order valence-corrected chi connectivity index (χ2v) is 7.34. The van der Waals surface area contributed by atoms with Crippen molar-refractivity contribution >= 4 is 21.6 Å². The fraction of sp³-hybridized carbons (Fsp3) is 0.267. The topological polar surface area (TPSA) is 156 Å². The summed E-state index contributed by atoms with van der Waals surface area (Å²) in [5.41, 5.74) is 6.39. The van der Waals surface area contributed by atoms with Crippen molar-refractivity contribution in [2.75, 3.05) is 25.2 Å². The molecule has 1 heterocycles. The standard InChI is InChI=1S/C15H18N4O5S/c1-25(23,24)11-4-2-9(3-5-11)12-6-17-14(16)13(19-12)15(22)18-10(7-20)8-21/h2-6,10,20-21H,7-8H2,1H3,(H2,16,17)(H,18,22). The zero-order valence-corrected chi connectivity index (χ0v) is 14.2. The Morgan fingerprint density at radius 2 is 1.84 bits per heavy atom. The number of benzene rings is 1. The first-order valence-electron chi connectivity index (χ1n) is 7.22. The van der Waals surface area contributed by atoms with Crippen molar-refractivity contribution in [2.45, 2.75) is 10.9 Å². The number of nitrogens with one attached hydrogen (secondary N) is 1. The van der Waals surface area contributed by atoms with Gasteiger partial charge >= 0.3 is 0 Å². The van der Waals surface area contributed by atoms with Gasteiger partial charge in [-0.3, -0.25) is 4.79 Å². The Bertz CT molecular complexity index is 864. The van der Waals surface area contributed by atoms with Gasteiger partial charge < -0.3 is 21.3 Å². The number of carbonyl (C=O) groups excluding carboxylic acids is 1. The van der Waals surface area contributed by atoms with E-state index in [0.29, 0.717) is 11.3 Å². The van der Waals surface area contributed by atoms with Crippen molar-refractivity contribution in [1.29, 1.82) is 0 Å². The van der Waals surface area contributed by atoms with E-state index in [1.807, 2.05) is 0 Å². The Kier molecular flexibility index (Phi) is 5.67. The fourth-order valence-electron chi connectivity index (χ4n) is 1.98. The molecule has 9 nitrogen and oxygen atoms in total. The Hall–Kier alpha value is -2.56. The molecule has 1 amide bonds. The highest BCUT2D eigenvalue weighted by Crippen LogP contribution is 2.20. The second-order valence-electron chi connectivity index (χ2n) is 5.32. The number of hydrogen-bond acceptors (Lipinski definition) is 8. The normalized spacial score (nSPS) is 11.5. The predicted molar refractivity (Wildman–Crippen MR) is 90.4 cm³/mol. The summed E-state index contributed by atoms with van der Waals surface area (Å²) in [6, 6.07) is 5.10. The van der Waals surface area contributed by atoms with Gasteiger partial charge in [0, 0.05) is 11.8 Å². The number of aromatic nitrogens is 2. The number of rotatable bonds is 6. The van der Waals surface area contributed by atoms with Crippen LogP contribution in [0.25, 0.3) is 11.3 Å². The van der Waals surface area contributed by atoms with E-state index in [9.17, 15) is 13.2 Å². The first kappa shape index (κ1) is 18.8. The Morgan fingerprint density at radius 1 is 1.24 bits per heavy atom. The van der Waals surface area contributed by atoms with E-state index >= 15 is 0 Å². The average molecular weight is 366 g/mol. The first-order valence-corrected chi connectivity index (χ1v) is 9.11. The number of aliphatic hydroxyl groups excluding tert-OH is 2. The maximum Gasteiger partial charge on any atom is 0.274 e. The zero-order chi connectivity index (χ0) is 18.6. The van der Waals surface area contributed by atoms with Gasteiger partial charge in [0.1, 0.15) is 0 Å². The molecule has 0 unspecified atom stereocenters. The fourth-order valence-corrected chi connectivity index (χ4v) is 2.61. The predicted octanol–water partition coefficient (Wildman–Crippen LogP) is -0.788. The third kappa shape index (κ3) is 4.50. The van der Waals surface area contributed by atoms with Crippen LogP contribution >= 0.6 is 0 Å². The Morgan fingerprint density at radius 3 is 2.36 bits per heavy atom. The van der Waals surface area contributed by atoms with Crippen molar-refractivity contribution < 1.29 is 23.4 Å². The molecule has 5 N–H and O–H groups in total. The minimum absolute atomic E-state index is 0.108. The van der Waals surface area contributed by atoms with E-state index < -0.39 is 35.0 Å². The maximum atomic E-state index is 12.2. The Labute approximate surface area is 144 Å². The van der Waals surface area contributed by atoms with Crippen molar-refractivity contribution in [1.82, 2.24) is 15.3 Å². The SMILES string of the molecule is CS(=O)(=O)c1ccc(-c2cnc(N)c(C(=O)NC(CO)CO)n2)cc1. The van der Waals surface area contributed by atoms with Gasteiger partial charge in [-0.2, -0.15) is 0 Å². The highest BCUT2D eigenvalue weighted by molar-refractivity contribution is 7.90. The molecule has 0 aliphatic carbocycles. The molecular weight excluding hydrogens is 348 g/mol. The first-order chi connectivity index (χ1) is 11.8. The summed E-state index contributed by atoms with van der Waals surface area (Å²) in [5, 5.41) is 20.4. The van der Waals surface area contributed by atoms with E-state index in [-0.39, 0.29) is 16.4 Å². The smallest absolute Gasteiger partial charge is 0.274 e. The molecule has 0 bridgehead atoms. The van der Waals surface area contributed by atoms with Crippen molar-refractivity contribution in [3.05, 3.63) is 36.2 Å². The molecule has 0 spiro atoms. The van der Waals surface area contributed by atoms with Gasteiger partial charge in [-0.1, -0.05) is 12.1 Å². The molecular formula is C15H18N4O5S. The monoisotopic (exact) mass is 366 g/mol. The molecule has 25 heavy (non-hydrogen) atoms. The average Bonchev–Trinajstić information content (AvgIpc) is 2.59. The van der Waals surface area contributed by atoms with Crippen LogP contribution in [0.3, 0.4) is 0 Å². The van der Waals surface area contributed by atoms with Crippen LogP contribution in [0.15, 0.2) is 35.4 Å². The molecule has 1 aromatic heterocycles. The number of amides is 1. The molecule has 0 saturated heterocycles. The van der Waals surface area contributed by atoms with Crippen molar-refractivity contribution in [2.24, 2.45) is 0 Å². The number of sulfone groups is 1. The number of nitrogens with zero attached hydrogens (tertiary/aromatic N) is 2. The second kappa shape index (κ2) is 7.55. The Balaban J connectivity index is 2.34. The van der Waals surface area contributed by atoms with Crippen molar-refractivity contribution in [3.63, 3.8) is 0 Å². The van der Waals surface area contributed by atoms with Crippen LogP contribution in [-0.4, -0.2) is 60.0 Å². The molecule has 0 saturated carbocycles. The molecule has 10 heteroatoms. The van der Waals surface area contributed by atoms with Crippen LogP contribution < -0.4 is 11.1 Å². The summed E-state index contributed by atoms with van der Waals surface area (Å²) in [6.45, 7) is -0.884. The van der Waals surface area contributed by atoms with Gasteiger partial charge in [-0.15, -0.1) is 0 Å². The summed E-state index contributed by atoms with van der Waals surface area (Å²) in [4.78, 5) is 20.4. The lowest BCUT2D eigenvalue weighted by Crippen LogP contribution is -2.40. The van der Waals surface area contributed by atoms with E-state index in [4.69, 9.17) is 15.9 Å². The van der Waals surface area contributed by atoms with Crippen LogP contribution in [0.4, 0.5) is 5.82 Å². The van der Waals surface area contributed by atoms with Crippen LogP contribution in [0.1, 0.15) is 10.5 Å². The molecule has 0 aliphatic heterocycles. The van der Waals surface area contributed by atoms with E-state index in [1.165, 1.54) is 18.3 Å². The highest BCUT2D eigenvalue weighted by Gasteiger charge is 2.18. The number of nitrogen functional groups attached to an aromatic ring is 1. The summed E-state index contributed by atoms with van der Waals surface area (Å²) in [5.74, 6) is -0.795. The quantitative estimate of drug-likeness (QED) is 0.518. The number of nitrogens with two attached hydrogens (primary N) is 1. The minimum Gasteiger partial charge on any atom is -0.394 e. The number of anilines is 1. The number of hydrogen-bond donors (Lipinski definition) is 4. The summed E-state index contributed by atoms with van der Waals surface area (Å²) in [7, 11) is -3.32. The van der Waals surface area contributed by atoms with Crippen LogP contribution in [0.2, 0.25) is 0 Å². The molecule has 0 atom stereocenters.